The van der Waals surface area contributed by atoms with Crippen LogP contribution in [0.15, 0.2) is 87.0 Å². The molecule has 33 heavy (non-hydrogen) atoms. The van der Waals surface area contributed by atoms with E-state index in [1.165, 1.54) is 32.6 Å². The third-order valence-electron chi connectivity index (χ3n) is 6.67. The molecule has 0 aromatic heterocycles. The van der Waals surface area contributed by atoms with Crippen LogP contribution in [-0.4, -0.2) is 29.8 Å². The molecule has 0 spiro atoms. The second kappa shape index (κ2) is 11.3. The van der Waals surface area contributed by atoms with Crippen LogP contribution in [0.4, 0.5) is 0 Å². The summed E-state index contributed by atoms with van der Waals surface area (Å²) in [7, 11) is -4.32. The van der Waals surface area contributed by atoms with Gasteiger partial charge in [0.25, 0.3) is 0 Å². The van der Waals surface area contributed by atoms with Gasteiger partial charge in [0, 0.05) is 13.2 Å². The summed E-state index contributed by atoms with van der Waals surface area (Å²) < 4.78 is 12.9. The van der Waals surface area contributed by atoms with Gasteiger partial charge in [-0.3, -0.25) is 0 Å². The molecule has 0 unspecified atom stereocenters. The van der Waals surface area contributed by atoms with E-state index in [1.807, 2.05) is 24.3 Å². The number of fused-ring (bicyclic) bond motifs is 3. The van der Waals surface area contributed by atoms with Gasteiger partial charge in [-0.05, 0) is 77.1 Å². The van der Waals surface area contributed by atoms with Gasteiger partial charge >= 0.3 is 0 Å². The van der Waals surface area contributed by atoms with Gasteiger partial charge in [0.1, 0.15) is 0 Å². The van der Waals surface area contributed by atoms with Crippen LogP contribution in [0, 0.1) is 0 Å². The molecule has 0 aliphatic heterocycles. The molecule has 1 aliphatic carbocycles. The molecule has 0 amide bonds. The smallest absolute Gasteiger partial charge is 0.231 e. The summed E-state index contributed by atoms with van der Waals surface area (Å²) in [6.07, 6.45) is 8.99. The van der Waals surface area contributed by atoms with E-state index in [0.717, 1.165) is 30.6 Å². The second-order valence-corrected chi connectivity index (χ2v) is 16.1. The molecule has 4 heteroatoms. The zero-order chi connectivity index (χ0) is 23.9. The monoisotopic (exact) mass is 474 g/mol. The lowest BCUT2D eigenvalue weighted by Gasteiger charge is -2.30. The minimum Gasteiger partial charge on any atom is -0.412 e. The summed E-state index contributed by atoms with van der Waals surface area (Å²) in [4.78, 5) is 0. The summed E-state index contributed by atoms with van der Waals surface area (Å²) in [5, 5.41) is 2.68. The Kier molecular flexibility index (Phi) is 8.65. The third-order valence-corrected chi connectivity index (χ3v) is 14.9. The van der Waals surface area contributed by atoms with Crippen LogP contribution in [0.1, 0.15) is 25.0 Å². The fourth-order valence-electron chi connectivity index (χ4n) is 5.30. The van der Waals surface area contributed by atoms with Crippen molar-refractivity contribution in [1.82, 2.24) is 0 Å². The fourth-order valence-corrected chi connectivity index (χ4v) is 12.0. The predicted molar refractivity (Wildman–Crippen MR) is 149 cm³/mol. The summed E-state index contributed by atoms with van der Waals surface area (Å²) in [6.45, 7) is 21.7. The molecule has 174 valence electrons. The van der Waals surface area contributed by atoms with E-state index >= 15 is 0 Å². The topological polar surface area (TPSA) is 18.5 Å². The predicted octanol–water partition coefficient (Wildman–Crippen LogP) is 6.38. The van der Waals surface area contributed by atoms with Crippen molar-refractivity contribution < 1.29 is 8.85 Å². The van der Waals surface area contributed by atoms with Crippen LogP contribution in [0.25, 0.3) is 11.1 Å². The molecular formula is C29H38O2Si2. The third kappa shape index (κ3) is 4.99. The van der Waals surface area contributed by atoms with E-state index in [-0.39, 0.29) is 0 Å². The molecule has 0 bridgehead atoms. The average molecular weight is 475 g/mol. The van der Waals surface area contributed by atoms with Crippen molar-refractivity contribution in [3.8, 4) is 11.1 Å². The number of rotatable bonds is 14. The summed E-state index contributed by atoms with van der Waals surface area (Å²) in [5.41, 5.74) is 5.46. The van der Waals surface area contributed by atoms with Crippen LogP contribution < -0.4 is 10.4 Å². The lowest BCUT2D eigenvalue weighted by molar-refractivity contribution is 0.333. The molecule has 1 aliphatic rings. The molecule has 0 saturated carbocycles. The lowest BCUT2D eigenvalue weighted by atomic mass is 10.1. The van der Waals surface area contributed by atoms with Crippen molar-refractivity contribution in [3.05, 3.63) is 98.1 Å². The summed E-state index contributed by atoms with van der Waals surface area (Å²) in [6, 6.07) is 17.5. The van der Waals surface area contributed by atoms with E-state index < -0.39 is 16.6 Å². The highest BCUT2D eigenvalue weighted by molar-refractivity contribution is 6.87. The first-order valence-corrected chi connectivity index (χ1v) is 16.7. The molecule has 0 N–H and O–H groups in total. The van der Waals surface area contributed by atoms with E-state index in [1.54, 1.807) is 0 Å². The Morgan fingerprint density at radius 1 is 0.667 bits per heavy atom. The van der Waals surface area contributed by atoms with Gasteiger partial charge in [-0.25, -0.2) is 0 Å². The Hall–Kier alpha value is -2.25. The lowest BCUT2D eigenvalue weighted by Crippen LogP contribution is -2.50. The maximum Gasteiger partial charge on any atom is 0.231 e. The molecule has 2 nitrogen and oxygen atoms in total. The van der Waals surface area contributed by atoms with E-state index in [4.69, 9.17) is 8.85 Å². The molecule has 0 heterocycles. The average Bonchev–Trinajstić information content (AvgIpc) is 3.17. The zero-order valence-electron chi connectivity index (χ0n) is 20.4. The van der Waals surface area contributed by atoms with Crippen molar-refractivity contribution >= 4 is 27.0 Å². The second-order valence-electron chi connectivity index (χ2n) is 8.75. The van der Waals surface area contributed by atoms with Crippen molar-refractivity contribution in [2.45, 2.75) is 44.4 Å². The molecule has 0 fully saturated rings. The fraction of sp³-hybridized carbons (Fsp3) is 0.310. The SMILES string of the molecule is C=CC[Si](CC=C)(OCC)c1ccc2c(c1)Cc1cc([Si](CC=C)(CC=C)OCC)ccc1-2. The number of hydrogen-bond acceptors (Lipinski definition) is 2. The quantitative estimate of drug-likeness (QED) is 0.199. The number of allylic oxidation sites excluding steroid dienone is 4. The number of benzene rings is 2. The summed E-state index contributed by atoms with van der Waals surface area (Å²) in [5.74, 6) is 0. The molecule has 2 aromatic rings. The van der Waals surface area contributed by atoms with Crippen LogP contribution in [0.3, 0.4) is 0 Å². The van der Waals surface area contributed by atoms with Crippen LogP contribution in [0.5, 0.6) is 0 Å². The van der Waals surface area contributed by atoms with Gasteiger partial charge in [-0.1, -0.05) is 60.7 Å². The van der Waals surface area contributed by atoms with Gasteiger partial charge < -0.3 is 8.85 Å². The Bertz CT molecular complexity index is 923. The first-order chi connectivity index (χ1) is 16.0. The van der Waals surface area contributed by atoms with E-state index in [0.29, 0.717) is 13.2 Å². The largest absolute Gasteiger partial charge is 0.412 e. The molecule has 0 radical (unpaired) electrons. The van der Waals surface area contributed by atoms with Gasteiger partial charge in [0.05, 0.1) is 0 Å². The Morgan fingerprint density at radius 3 is 1.33 bits per heavy atom. The Balaban J connectivity index is 2.02. The first-order valence-electron chi connectivity index (χ1n) is 12.0. The number of hydrogen-bond donors (Lipinski definition) is 0. The molecule has 0 atom stereocenters. The maximum absolute atomic E-state index is 6.44. The van der Waals surface area contributed by atoms with Crippen molar-refractivity contribution in [2.24, 2.45) is 0 Å². The van der Waals surface area contributed by atoms with Gasteiger partial charge in [0.15, 0.2) is 0 Å². The highest BCUT2D eigenvalue weighted by atomic mass is 28.4. The summed E-state index contributed by atoms with van der Waals surface area (Å²) >= 11 is 0. The van der Waals surface area contributed by atoms with Crippen LogP contribution >= 0.6 is 0 Å². The molecule has 0 saturated heterocycles. The van der Waals surface area contributed by atoms with Crippen molar-refractivity contribution in [1.29, 1.82) is 0 Å². The molecule has 3 rings (SSSR count). The molecule has 2 aromatic carbocycles. The highest BCUT2D eigenvalue weighted by Crippen LogP contribution is 2.37. The standard InChI is InChI=1S/C29H38O2Si2/c1-7-17-32(18-8-2,30-11-5)26-13-15-28-24(22-26)21-25-23-27(14-16-29(25)28)33(19-9-3,20-10-4)31-12-6/h7-10,13-16,22-23H,1-4,11-12,17-21H2,5-6H3. The van der Waals surface area contributed by atoms with Gasteiger partial charge in [0.2, 0.25) is 16.6 Å². The van der Waals surface area contributed by atoms with Crippen LogP contribution in [-0.2, 0) is 15.3 Å². The Labute approximate surface area is 202 Å². The highest BCUT2D eigenvalue weighted by Gasteiger charge is 2.37. The van der Waals surface area contributed by atoms with Crippen molar-refractivity contribution in [2.75, 3.05) is 13.2 Å². The Morgan fingerprint density at radius 2 is 1.03 bits per heavy atom. The van der Waals surface area contributed by atoms with E-state index in [2.05, 4.69) is 76.6 Å². The minimum atomic E-state index is -2.16. The van der Waals surface area contributed by atoms with Crippen molar-refractivity contribution in [3.63, 3.8) is 0 Å². The maximum atomic E-state index is 6.44. The normalized spacial score (nSPS) is 12.7. The molecular weight excluding hydrogens is 436 g/mol. The van der Waals surface area contributed by atoms with E-state index in [9.17, 15) is 0 Å². The van der Waals surface area contributed by atoms with Gasteiger partial charge in [-0.15, -0.1) is 26.3 Å². The minimum absolute atomic E-state index is 0.714. The zero-order valence-corrected chi connectivity index (χ0v) is 22.4. The van der Waals surface area contributed by atoms with Gasteiger partial charge in [-0.2, -0.15) is 0 Å². The van der Waals surface area contributed by atoms with Crippen LogP contribution in [0.2, 0.25) is 24.2 Å². The first kappa shape index (κ1) is 25.4.